The average molecular weight is 266 g/mol. The molecule has 5 heteroatoms. The van der Waals surface area contributed by atoms with Gasteiger partial charge in [0.2, 0.25) is 5.91 Å². The van der Waals surface area contributed by atoms with Gasteiger partial charge in [0.05, 0.1) is 13.2 Å². The number of nitrogens with two attached hydrogens (primary N) is 1. The monoisotopic (exact) mass is 266 g/mol. The number of carbonyl (C=O) groups is 1. The lowest BCUT2D eigenvalue weighted by Gasteiger charge is -2.13. The molecule has 0 saturated heterocycles. The first kappa shape index (κ1) is 15.3. The van der Waals surface area contributed by atoms with Gasteiger partial charge in [-0.3, -0.25) is 4.79 Å². The van der Waals surface area contributed by atoms with Crippen LogP contribution in [0.3, 0.4) is 0 Å². The summed E-state index contributed by atoms with van der Waals surface area (Å²) in [5.41, 5.74) is 6.26. The Morgan fingerprint density at radius 3 is 2.47 bits per heavy atom. The highest BCUT2D eigenvalue weighted by Gasteiger charge is 2.09. The molecule has 1 atom stereocenters. The van der Waals surface area contributed by atoms with Gasteiger partial charge in [0.25, 0.3) is 0 Å². The van der Waals surface area contributed by atoms with Crippen molar-refractivity contribution in [1.29, 1.82) is 0 Å². The van der Waals surface area contributed by atoms with Crippen LogP contribution < -0.4 is 20.5 Å². The van der Waals surface area contributed by atoms with Crippen LogP contribution in [0.15, 0.2) is 18.2 Å². The minimum Gasteiger partial charge on any atom is -0.490 e. The van der Waals surface area contributed by atoms with Gasteiger partial charge in [0, 0.05) is 24.2 Å². The van der Waals surface area contributed by atoms with Gasteiger partial charge in [0.1, 0.15) is 0 Å². The molecule has 19 heavy (non-hydrogen) atoms. The number of hydrogen-bond acceptors (Lipinski definition) is 4. The number of ether oxygens (including phenoxy) is 2. The van der Waals surface area contributed by atoms with Crippen LogP contribution in [0.4, 0.5) is 5.69 Å². The molecule has 0 aliphatic carbocycles. The molecular formula is C14H22N2O3. The van der Waals surface area contributed by atoms with Crippen molar-refractivity contribution in [3.05, 3.63) is 18.2 Å². The van der Waals surface area contributed by atoms with Crippen molar-refractivity contribution < 1.29 is 14.3 Å². The Bertz CT molecular complexity index is 419. The Morgan fingerprint density at radius 1 is 1.26 bits per heavy atom. The summed E-state index contributed by atoms with van der Waals surface area (Å²) in [5, 5.41) is 2.79. The SMILES string of the molecule is CCOc1ccc(NC(=O)CC(C)N)cc1OCC. The van der Waals surface area contributed by atoms with Gasteiger partial charge in [-0.25, -0.2) is 0 Å². The fraction of sp³-hybridized carbons (Fsp3) is 0.500. The van der Waals surface area contributed by atoms with E-state index in [1.54, 1.807) is 25.1 Å². The third-order valence-electron chi connectivity index (χ3n) is 2.33. The van der Waals surface area contributed by atoms with Crippen LogP contribution in [0.5, 0.6) is 11.5 Å². The molecule has 0 radical (unpaired) electrons. The highest BCUT2D eigenvalue weighted by molar-refractivity contribution is 5.91. The fourth-order valence-corrected chi connectivity index (χ4v) is 1.63. The van der Waals surface area contributed by atoms with Crippen molar-refractivity contribution >= 4 is 11.6 Å². The van der Waals surface area contributed by atoms with E-state index in [1.165, 1.54) is 0 Å². The van der Waals surface area contributed by atoms with Crippen LogP contribution in [-0.4, -0.2) is 25.2 Å². The number of carbonyl (C=O) groups excluding carboxylic acids is 1. The molecule has 0 spiro atoms. The summed E-state index contributed by atoms with van der Waals surface area (Å²) in [6.07, 6.45) is 0.289. The van der Waals surface area contributed by atoms with Gasteiger partial charge in [-0.2, -0.15) is 0 Å². The fourth-order valence-electron chi connectivity index (χ4n) is 1.63. The zero-order valence-electron chi connectivity index (χ0n) is 11.7. The zero-order chi connectivity index (χ0) is 14.3. The summed E-state index contributed by atoms with van der Waals surface area (Å²) in [5.74, 6) is 1.19. The lowest BCUT2D eigenvalue weighted by Crippen LogP contribution is -2.23. The lowest BCUT2D eigenvalue weighted by molar-refractivity contribution is -0.116. The van der Waals surface area contributed by atoms with E-state index in [-0.39, 0.29) is 18.4 Å². The topological polar surface area (TPSA) is 73.6 Å². The minimum atomic E-state index is -0.158. The normalized spacial score (nSPS) is 11.8. The molecule has 3 N–H and O–H groups in total. The highest BCUT2D eigenvalue weighted by Crippen LogP contribution is 2.30. The van der Waals surface area contributed by atoms with Crippen molar-refractivity contribution in [1.82, 2.24) is 0 Å². The van der Waals surface area contributed by atoms with Crippen LogP contribution in [0.2, 0.25) is 0 Å². The Labute approximate surface area is 114 Å². The first-order valence-electron chi connectivity index (χ1n) is 6.51. The molecule has 1 rings (SSSR count). The first-order chi connectivity index (χ1) is 9.06. The summed E-state index contributed by atoms with van der Waals surface area (Å²) in [7, 11) is 0. The van der Waals surface area contributed by atoms with E-state index in [9.17, 15) is 4.79 Å². The molecule has 0 aliphatic heterocycles. The molecular weight excluding hydrogens is 244 g/mol. The molecule has 1 aromatic rings. The summed E-state index contributed by atoms with van der Waals surface area (Å²) in [4.78, 5) is 11.6. The second-order valence-electron chi connectivity index (χ2n) is 4.26. The molecule has 5 nitrogen and oxygen atoms in total. The molecule has 1 amide bonds. The van der Waals surface area contributed by atoms with Crippen LogP contribution >= 0.6 is 0 Å². The molecule has 0 aromatic heterocycles. The summed E-state index contributed by atoms with van der Waals surface area (Å²) in [6.45, 7) is 6.71. The van der Waals surface area contributed by atoms with Crippen molar-refractivity contribution in [2.75, 3.05) is 18.5 Å². The Kier molecular flexibility index (Phi) is 6.15. The third-order valence-corrected chi connectivity index (χ3v) is 2.33. The van der Waals surface area contributed by atoms with Gasteiger partial charge in [-0.15, -0.1) is 0 Å². The Balaban J connectivity index is 2.79. The van der Waals surface area contributed by atoms with E-state index in [1.807, 2.05) is 13.8 Å². The van der Waals surface area contributed by atoms with E-state index < -0.39 is 0 Å². The number of nitrogens with one attached hydrogen (secondary N) is 1. The van der Waals surface area contributed by atoms with Crippen LogP contribution in [0, 0.1) is 0 Å². The number of hydrogen-bond donors (Lipinski definition) is 2. The maximum atomic E-state index is 11.6. The molecule has 0 bridgehead atoms. The van der Waals surface area contributed by atoms with Crippen LogP contribution in [0.1, 0.15) is 27.2 Å². The van der Waals surface area contributed by atoms with Crippen molar-refractivity contribution in [3.63, 3.8) is 0 Å². The van der Waals surface area contributed by atoms with Gasteiger partial charge in [0.15, 0.2) is 11.5 Å². The van der Waals surface area contributed by atoms with Gasteiger partial charge >= 0.3 is 0 Å². The minimum absolute atomic E-state index is 0.110. The van der Waals surface area contributed by atoms with Crippen molar-refractivity contribution in [3.8, 4) is 11.5 Å². The number of benzene rings is 1. The van der Waals surface area contributed by atoms with Crippen LogP contribution in [0.25, 0.3) is 0 Å². The van der Waals surface area contributed by atoms with E-state index in [4.69, 9.17) is 15.2 Å². The highest BCUT2D eigenvalue weighted by atomic mass is 16.5. The largest absolute Gasteiger partial charge is 0.490 e. The van der Waals surface area contributed by atoms with E-state index >= 15 is 0 Å². The average Bonchev–Trinajstić information content (AvgIpc) is 2.32. The maximum absolute atomic E-state index is 11.6. The standard InChI is InChI=1S/C14H22N2O3/c1-4-18-12-7-6-11(9-13(12)19-5-2)16-14(17)8-10(3)15/h6-7,9-10H,4-5,8,15H2,1-3H3,(H,16,17). The van der Waals surface area contributed by atoms with Gasteiger partial charge < -0.3 is 20.5 Å². The predicted octanol–water partition coefficient (Wildman–Crippen LogP) is 2.16. The second-order valence-corrected chi connectivity index (χ2v) is 4.26. The van der Waals surface area contributed by atoms with E-state index in [2.05, 4.69) is 5.32 Å². The third kappa shape index (κ3) is 5.18. The number of rotatable bonds is 7. The molecule has 106 valence electrons. The van der Waals surface area contributed by atoms with Crippen LogP contribution in [-0.2, 0) is 4.79 Å². The molecule has 1 unspecified atom stereocenters. The predicted molar refractivity (Wildman–Crippen MR) is 75.7 cm³/mol. The molecule has 1 aromatic carbocycles. The summed E-state index contributed by atoms with van der Waals surface area (Å²) >= 11 is 0. The maximum Gasteiger partial charge on any atom is 0.225 e. The number of amides is 1. The quantitative estimate of drug-likeness (QED) is 0.793. The Hall–Kier alpha value is -1.75. The van der Waals surface area contributed by atoms with E-state index in [0.29, 0.717) is 30.4 Å². The molecule has 0 saturated carbocycles. The first-order valence-corrected chi connectivity index (χ1v) is 6.51. The van der Waals surface area contributed by atoms with Crippen molar-refractivity contribution in [2.24, 2.45) is 5.73 Å². The number of anilines is 1. The molecule has 0 aliphatic rings. The molecule has 0 heterocycles. The van der Waals surface area contributed by atoms with Gasteiger partial charge in [-0.05, 0) is 32.9 Å². The summed E-state index contributed by atoms with van der Waals surface area (Å²) in [6, 6.07) is 5.17. The van der Waals surface area contributed by atoms with E-state index in [0.717, 1.165) is 0 Å². The lowest BCUT2D eigenvalue weighted by atomic mass is 10.2. The van der Waals surface area contributed by atoms with Gasteiger partial charge in [-0.1, -0.05) is 0 Å². The smallest absolute Gasteiger partial charge is 0.225 e. The second kappa shape index (κ2) is 7.63. The van der Waals surface area contributed by atoms with Crippen molar-refractivity contribution in [2.45, 2.75) is 33.2 Å². The zero-order valence-corrected chi connectivity index (χ0v) is 11.7. The summed E-state index contributed by atoms with van der Waals surface area (Å²) < 4.78 is 10.9. The Morgan fingerprint density at radius 2 is 1.89 bits per heavy atom. The molecule has 0 fully saturated rings.